The van der Waals surface area contributed by atoms with E-state index < -0.39 is 10.0 Å². The van der Waals surface area contributed by atoms with E-state index in [2.05, 4.69) is 15.0 Å². The molecule has 2 aromatic carbocycles. The van der Waals surface area contributed by atoms with Gasteiger partial charge in [-0.2, -0.15) is 9.29 Å². The lowest BCUT2D eigenvalue weighted by Gasteiger charge is -2.32. The number of benzene rings is 2. The summed E-state index contributed by atoms with van der Waals surface area (Å²) in [4.78, 5) is 6.41. The van der Waals surface area contributed by atoms with Crippen molar-refractivity contribution in [2.45, 2.75) is 6.54 Å². The van der Waals surface area contributed by atoms with Crippen LogP contribution in [0.25, 0.3) is 17.5 Å². The zero-order valence-electron chi connectivity index (χ0n) is 16.2. The van der Waals surface area contributed by atoms with E-state index in [1.165, 1.54) is 21.8 Å². The van der Waals surface area contributed by atoms with Crippen molar-refractivity contribution in [2.24, 2.45) is 0 Å². The molecule has 9 heteroatoms. The SMILES string of the molecule is O=S(=O)(C=Cc1ccccc1)N1CCN(Cc2nc(-c3ccc(F)cc3)no2)CC1. The summed E-state index contributed by atoms with van der Waals surface area (Å²) < 4.78 is 44.9. The first-order chi connectivity index (χ1) is 14.5. The predicted molar refractivity (Wildman–Crippen MR) is 111 cm³/mol. The second-order valence-corrected chi connectivity index (χ2v) is 8.77. The third kappa shape index (κ3) is 4.99. The summed E-state index contributed by atoms with van der Waals surface area (Å²) in [7, 11) is -3.47. The lowest BCUT2D eigenvalue weighted by Crippen LogP contribution is -2.47. The van der Waals surface area contributed by atoms with E-state index in [9.17, 15) is 12.8 Å². The van der Waals surface area contributed by atoms with Crippen LogP contribution < -0.4 is 0 Å². The van der Waals surface area contributed by atoms with Crippen LogP contribution in [0.5, 0.6) is 0 Å². The highest BCUT2D eigenvalue weighted by molar-refractivity contribution is 7.92. The molecule has 0 aliphatic carbocycles. The Morgan fingerprint density at radius 2 is 1.70 bits per heavy atom. The first-order valence-corrected chi connectivity index (χ1v) is 11.0. The van der Waals surface area contributed by atoms with Gasteiger partial charge in [0.2, 0.25) is 21.7 Å². The molecule has 7 nitrogen and oxygen atoms in total. The van der Waals surface area contributed by atoms with Crippen LogP contribution in [0.2, 0.25) is 0 Å². The fraction of sp³-hybridized carbons (Fsp3) is 0.238. The maximum absolute atomic E-state index is 13.0. The van der Waals surface area contributed by atoms with Crippen molar-refractivity contribution < 1.29 is 17.3 Å². The van der Waals surface area contributed by atoms with Crippen LogP contribution in [0.15, 0.2) is 64.5 Å². The molecule has 0 radical (unpaired) electrons. The van der Waals surface area contributed by atoms with Crippen LogP contribution in [-0.2, 0) is 16.6 Å². The van der Waals surface area contributed by atoms with Crippen molar-refractivity contribution in [1.29, 1.82) is 0 Å². The molecule has 0 amide bonds. The third-order valence-electron chi connectivity index (χ3n) is 4.85. The second-order valence-electron chi connectivity index (χ2n) is 6.95. The van der Waals surface area contributed by atoms with Gasteiger partial charge in [-0.25, -0.2) is 12.8 Å². The fourth-order valence-corrected chi connectivity index (χ4v) is 4.36. The summed E-state index contributed by atoms with van der Waals surface area (Å²) in [5, 5.41) is 5.19. The van der Waals surface area contributed by atoms with E-state index in [-0.39, 0.29) is 5.82 Å². The Labute approximate surface area is 174 Å². The maximum atomic E-state index is 13.0. The van der Waals surface area contributed by atoms with Gasteiger partial charge in [-0.1, -0.05) is 35.5 Å². The lowest BCUT2D eigenvalue weighted by molar-refractivity contribution is 0.164. The summed E-state index contributed by atoms with van der Waals surface area (Å²) in [6.07, 6.45) is 1.61. The Morgan fingerprint density at radius 3 is 2.40 bits per heavy atom. The molecular weight excluding hydrogens is 407 g/mol. The largest absolute Gasteiger partial charge is 0.338 e. The van der Waals surface area contributed by atoms with E-state index in [1.807, 2.05) is 30.3 Å². The number of halogens is 1. The normalized spacial score (nSPS) is 16.3. The molecule has 1 fully saturated rings. The summed E-state index contributed by atoms with van der Waals surface area (Å²) in [5.74, 6) is 0.515. The van der Waals surface area contributed by atoms with Crippen molar-refractivity contribution in [3.05, 3.63) is 77.3 Å². The van der Waals surface area contributed by atoms with Crippen LogP contribution in [-0.4, -0.2) is 53.9 Å². The average molecular weight is 428 g/mol. The first kappa shape index (κ1) is 20.4. The zero-order chi connectivity index (χ0) is 21.0. The highest BCUT2D eigenvalue weighted by atomic mass is 32.2. The van der Waals surface area contributed by atoms with Crippen LogP contribution in [0.3, 0.4) is 0 Å². The van der Waals surface area contributed by atoms with Gasteiger partial charge < -0.3 is 4.52 Å². The molecule has 0 spiro atoms. The second kappa shape index (κ2) is 8.86. The lowest BCUT2D eigenvalue weighted by atomic mass is 10.2. The molecule has 156 valence electrons. The predicted octanol–water partition coefficient (Wildman–Crippen LogP) is 2.99. The number of aromatic nitrogens is 2. The standard InChI is InChI=1S/C21H21FN4O3S/c22-19-8-6-18(7-9-19)21-23-20(29-24-21)16-25-11-13-26(14-12-25)30(27,28)15-10-17-4-2-1-3-5-17/h1-10,15H,11-14,16H2. The number of hydrogen-bond donors (Lipinski definition) is 0. The monoisotopic (exact) mass is 428 g/mol. The highest BCUT2D eigenvalue weighted by Crippen LogP contribution is 2.18. The van der Waals surface area contributed by atoms with E-state index in [4.69, 9.17) is 4.52 Å². The van der Waals surface area contributed by atoms with Gasteiger partial charge in [0, 0.05) is 37.2 Å². The van der Waals surface area contributed by atoms with Crippen LogP contribution in [0.1, 0.15) is 11.5 Å². The van der Waals surface area contributed by atoms with Gasteiger partial charge in [-0.15, -0.1) is 0 Å². The zero-order valence-corrected chi connectivity index (χ0v) is 17.0. The fourth-order valence-electron chi connectivity index (χ4n) is 3.18. The van der Waals surface area contributed by atoms with Crippen molar-refractivity contribution in [3.63, 3.8) is 0 Å². The Balaban J connectivity index is 1.32. The molecule has 3 aromatic rings. The van der Waals surface area contributed by atoms with Gasteiger partial charge in [-0.05, 0) is 35.9 Å². The minimum Gasteiger partial charge on any atom is -0.338 e. The molecule has 30 heavy (non-hydrogen) atoms. The summed E-state index contributed by atoms with van der Waals surface area (Å²) >= 11 is 0. The van der Waals surface area contributed by atoms with Gasteiger partial charge in [0.05, 0.1) is 6.54 Å². The summed E-state index contributed by atoms with van der Waals surface area (Å²) in [5.41, 5.74) is 1.51. The van der Waals surface area contributed by atoms with Gasteiger partial charge in [0.25, 0.3) is 0 Å². The molecule has 1 aliphatic heterocycles. The van der Waals surface area contributed by atoms with Gasteiger partial charge in [0.1, 0.15) is 5.82 Å². The smallest absolute Gasteiger partial charge is 0.241 e. The minimum absolute atomic E-state index is 0.325. The number of hydrogen-bond acceptors (Lipinski definition) is 6. The maximum Gasteiger partial charge on any atom is 0.241 e. The minimum atomic E-state index is -3.47. The van der Waals surface area contributed by atoms with Crippen molar-refractivity contribution in [2.75, 3.05) is 26.2 Å². The van der Waals surface area contributed by atoms with Crippen molar-refractivity contribution >= 4 is 16.1 Å². The summed E-state index contributed by atoms with van der Waals surface area (Å²) in [6.45, 7) is 2.34. The number of sulfonamides is 1. The van der Waals surface area contributed by atoms with Crippen LogP contribution >= 0.6 is 0 Å². The molecule has 4 rings (SSSR count). The molecule has 0 bridgehead atoms. The molecule has 1 saturated heterocycles. The molecular formula is C21H21FN4O3S. The Kier molecular flexibility index (Phi) is 6.03. The molecule has 1 aliphatic rings. The third-order valence-corrected chi connectivity index (χ3v) is 6.42. The van der Waals surface area contributed by atoms with E-state index in [1.54, 1.807) is 18.2 Å². The average Bonchev–Trinajstić information content (AvgIpc) is 3.22. The van der Waals surface area contributed by atoms with Crippen molar-refractivity contribution in [3.8, 4) is 11.4 Å². The number of piperazine rings is 1. The van der Waals surface area contributed by atoms with Crippen LogP contribution in [0.4, 0.5) is 4.39 Å². The summed E-state index contributed by atoms with van der Waals surface area (Å²) in [6, 6.07) is 15.2. The van der Waals surface area contributed by atoms with Gasteiger partial charge in [0.15, 0.2) is 0 Å². The number of rotatable bonds is 6. The molecule has 0 saturated carbocycles. The van der Waals surface area contributed by atoms with Gasteiger partial charge >= 0.3 is 0 Å². The highest BCUT2D eigenvalue weighted by Gasteiger charge is 2.26. The Morgan fingerprint density at radius 1 is 1.00 bits per heavy atom. The Bertz CT molecular complexity index is 1110. The first-order valence-electron chi connectivity index (χ1n) is 9.54. The van der Waals surface area contributed by atoms with Crippen molar-refractivity contribution in [1.82, 2.24) is 19.3 Å². The molecule has 0 N–H and O–H groups in total. The Hall–Kier alpha value is -2.88. The van der Waals surface area contributed by atoms with Gasteiger partial charge in [-0.3, -0.25) is 4.90 Å². The topological polar surface area (TPSA) is 79.5 Å². The van der Waals surface area contributed by atoms with E-state index in [0.29, 0.717) is 50.0 Å². The molecule has 1 aromatic heterocycles. The molecule has 0 unspecified atom stereocenters. The van der Waals surface area contributed by atoms with Crippen LogP contribution in [0, 0.1) is 5.82 Å². The quantitative estimate of drug-likeness (QED) is 0.601. The van der Waals surface area contributed by atoms with E-state index in [0.717, 1.165) is 5.56 Å². The van der Waals surface area contributed by atoms with E-state index >= 15 is 0 Å². The number of nitrogens with zero attached hydrogens (tertiary/aromatic N) is 4. The molecule has 2 heterocycles. The molecule has 0 atom stereocenters.